The summed E-state index contributed by atoms with van der Waals surface area (Å²) in [6.45, 7) is 4.82. The molecule has 1 saturated carbocycles. The molecule has 4 nitrogen and oxygen atoms in total. The maximum atomic E-state index is 12.4. The van der Waals surface area contributed by atoms with E-state index in [1.54, 1.807) is 0 Å². The first-order chi connectivity index (χ1) is 9.61. The van der Waals surface area contributed by atoms with Crippen molar-refractivity contribution in [3.05, 3.63) is 24.3 Å². The molecule has 3 N–H and O–H groups in total. The quantitative estimate of drug-likeness (QED) is 0.812. The van der Waals surface area contributed by atoms with E-state index in [-0.39, 0.29) is 11.9 Å². The molecule has 0 aromatic heterocycles. The number of nitrogens with two attached hydrogens (primary N) is 1. The number of hydrogen-bond donors (Lipinski definition) is 2. The molecule has 20 heavy (non-hydrogen) atoms. The fourth-order valence-electron chi connectivity index (χ4n) is 2.88. The van der Waals surface area contributed by atoms with Gasteiger partial charge in [0.15, 0.2) is 0 Å². The Hall–Kier alpha value is -1.71. The molecular formula is C16H25N3O. The first kappa shape index (κ1) is 14.7. The van der Waals surface area contributed by atoms with E-state index in [1.807, 2.05) is 31.2 Å². The van der Waals surface area contributed by atoms with Crippen LogP contribution in [0.25, 0.3) is 0 Å². The summed E-state index contributed by atoms with van der Waals surface area (Å²) in [5.74, 6) is 0.121. The predicted octanol–water partition coefficient (Wildman–Crippen LogP) is 2.54. The van der Waals surface area contributed by atoms with Crippen molar-refractivity contribution in [3.8, 4) is 0 Å². The highest BCUT2D eigenvalue weighted by molar-refractivity contribution is 5.85. The van der Waals surface area contributed by atoms with Crippen molar-refractivity contribution < 1.29 is 4.79 Å². The van der Waals surface area contributed by atoms with E-state index in [2.05, 4.69) is 17.1 Å². The number of nitrogens with one attached hydrogen (secondary N) is 1. The zero-order valence-corrected chi connectivity index (χ0v) is 12.4. The first-order valence-corrected chi connectivity index (χ1v) is 7.54. The predicted molar refractivity (Wildman–Crippen MR) is 83.7 cm³/mol. The van der Waals surface area contributed by atoms with Gasteiger partial charge in [0.05, 0.1) is 0 Å². The number of anilines is 2. The Kier molecular flexibility index (Phi) is 4.88. The Balaban J connectivity index is 2.02. The molecule has 1 aliphatic carbocycles. The molecule has 0 aliphatic heterocycles. The van der Waals surface area contributed by atoms with Crippen LogP contribution in [0.15, 0.2) is 24.3 Å². The molecule has 110 valence electrons. The fraction of sp³-hybridized carbons (Fsp3) is 0.562. The Morgan fingerprint density at radius 2 is 1.95 bits per heavy atom. The van der Waals surface area contributed by atoms with Gasteiger partial charge in [0.2, 0.25) is 5.91 Å². The molecule has 0 radical (unpaired) electrons. The fourth-order valence-corrected chi connectivity index (χ4v) is 2.88. The molecule has 4 heteroatoms. The van der Waals surface area contributed by atoms with Gasteiger partial charge >= 0.3 is 0 Å². The first-order valence-electron chi connectivity index (χ1n) is 7.54. The second kappa shape index (κ2) is 6.64. The van der Waals surface area contributed by atoms with E-state index in [9.17, 15) is 4.79 Å². The molecule has 0 heterocycles. The summed E-state index contributed by atoms with van der Waals surface area (Å²) in [6, 6.07) is 7.90. The second-order valence-electron chi connectivity index (χ2n) is 5.54. The summed E-state index contributed by atoms with van der Waals surface area (Å²) in [4.78, 5) is 14.5. The zero-order chi connectivity index (χ0) is 14.5. The summed E-state index contributed by atoms with van der Waals surface area (Å²) >= 11 is 0. The lowest BCUT2D eigenvalue weighted by Crippen LogP contribution is -2.47. The molecule has 2 rings (SSSR count). The zero-order valence-electron chi connectivity index (χ0n) is 12.4. The molecule has 0 bridgehead atoms. The number of benzene rings is 1. The molecule has 1 unspecified atom stereocenters. The van der Waals surface area contributed by atoms with Gasteiger partial charge in [-0.3, -0.25) is 4.79 Å². The average molecular weight is 275 g/mol. The number of carbonyl (C=O) groups excluding carboxylic acids is 1. The van der Waals surface area contributed by atoms with Gasteiger partial charge in [-0.05, 0) is 51.0 Å². The second-order valence-corrected chi connectivity index (χ2v) is 5.54. The van der Waals surface area contributed by atoms with Crippen LogP contribution in [0.2, 0.25) is 0 Å². The van der Waals surface area contributed by atoms with Gasteiger partial charge in [0.25, 0.3) is 0 Å². The van der Waals surface area contributed by atoms with Crippen LogP contribution in [-0.4, -0.2) is 24.5 Å². The van der Waals surface area contributed by atoms with E-state index >= 15 is 0 Å². The minimum Gasteiger partial charge on any atom is -0.399 e. The van der Waals surface area contributed by atoms with Gasteiger partial charge in [0, 0.05) is 24.0 Å². The topological polar surface area (TPSA) is 58.4 Å². The van der Waals surface area contributed by atoms with Gasteiger partial charge in [-0.25, -0.2) is 0 Å². The molecule has 1 amide bonds. The smallest absolute Gasteiger partial charge is 0.242 e. The highest BCUT2D eigenvalue weighted by Crippen LogP contribution is 2.20. The van der Waals surface area contributed by atoms with Crippen LogP contribution in [0.5, 0.6) is 0 Å². The number of hydrogen-bond acceptors (Lipinski definition) is 3. The van der Waals surface area contributed by atoms with Crippen LogP contribution in [0.4, 0.5) is 11.4 Å². The number of likely N-dealkylation sites (N-methyl/N-ethyl adjacent to an activating group) is 1. The van der Waals surface area contributed by atoms with Crippen LogP contribution in [0, 0.1) is 0 Å². The Bertz CT molecular complexity index is 438. The molecule has 1 fully saturated rings. The lowest BCUT2D eigenvalue weighted by molar-refractivity contribution is -0.122. The number of nitrogen functional groups attached to an aromatic ring is 1. The van der Waals surface area contributed by atoms with Crippen molar-refractivity contribution in [1.29, 1.82) is 0 Å². The highest BCUT2D eigenvalue weighted by Gasteiger charge is 2.24. The van der Waals surface area contributed by atoms with Crippen LogP contribution >= 0.6 is 0 Å². The summed E-state index contributed by atoms with van der Waals surface area (Å²) in [5, 5.41) is 3.17. The summed E-state index contributed by atoms with van der Waals surface area (Å²) in [5.41, 5.74) is 7.50. The Morgan fingerprint density at radius 3 is 2.50 bits per heavy atom. The summed E-state index contributed by atoms with van der Waals surface area (Å²) in [6.07, 6.45) is 4.70. The third kappa shape index (κ3) is 3.44. The van der Waals surface area contributed by atoms with Gasteiger partial charge in [0.1, 0.15) is 6.04 Å². The van der Waals surface area contributed by atoms with E-state index in [0.29, 0.717) is 6.04 Å². The molecule has 0 saturated heterocycles. The van der Waals surface area contributed by atoms with E-state index < -0.39 is 0 Å². The van der Waals surface area contributed by atoms with Crippen LogP contribution in [-0.2, 0) is 4.79 Å². The highest BCUT2D eigenvalue weighted by atomic mass is 16.2. The standard InChI is InChI=1S/C16H25N3O/c1-3-19(15-10-8-13(17)9-11-15)12(2)16(20)18-14-6-4-5-7-14/h8-12,14H,3-7,17H2,1-2H3,(H,18,20). The number of amides is 1. The Morgan fingerprint density at radius 1 is 1.35 bits per heavy atom. The van der Waals surface area contributed by atoms with Crippen molar-refractivity contribution in [2.75, 3.05) is 17.2 Å². The minimum atomic E-state index is -0.163. The lowest BCUT2D eigenvalue weighted by Gasteiger charge is -2.30. The van der Waals surface area contributed by atoms with Crippen LogP contribution in [0.1, 0.15) is 39.5 Å². The molecule has 1 aliphatic rings. The van der Waals surface area contributed by atoms with E-state index in [4.69, 9.17) is 5.73 Å². The molecule has 0 spiro atoms. The minimum absolute atomic E-state index is 0.121. The van der Waals surface area contributed by atoms with Gasteiger partial charge in [-0.2, -0.15) is 0 Å². The maximum absolute atomic E-state index is 12.4. The summed E-state index contributed by atoms with van der Waals surface area (Å²) in [7, 11) is 0. The van der Waals surface area contributed by atoms with Crippen molar-refractivity contribution in [2.24, 2.45) is 0 Å². The monoisotopic (exact) mass is 275 g/mol. The van der Waals surface area contributed by atoms with E-state index in [0.717, 1.165) is 30.8 Å². The van der Waals surface area contributed by atoms with Gasteiger partial charge in [-0.15, -0.1) is 0 Å². The van der Waals surface area contributed by atoms with Crippen LogP contribution in [0.3, 0.4) is 0 Å². The van der Waals surface area contributed by atoms with Crippen LogP contribution < -0.4 is 16.0 Å². The number of carbonyl (C=O) groups is 1. The largest absolute Gasteiger partial charge is 0.399 e. The van der Waals surface area contributed by atoms with Crippen molar-refractivity contribution in [1.82, 2.24) is 5.32 Å². The van der Waals surface area contributed by atoms with Gasteiger partial charge < -0.3 is 16.0 Å². The average Bonchev–Trinajstić information content (AvgIpc) is 2.94. The van der Waals surface area contributed by atoms with E-state index in [1.165, 1.54) is 12.8 Å². The number of nitrogens with zero attached hydrogens (tertiary/aromatic N) is 1. The summed E-state index contributed by atoms with van der Waals surface area (Å²) < 4.78 is 0. The number of rotatable bonds is 5. The van der Waals surface area contributed by atoms with Crippen molar-refractivity contribution in [3.63, 3.8) is 0 Å². The normalized spacial score (nSPS) is 16.9. The molecule has 1 aromatic carbocycles. The Labute approximate surface area is 121 Å². The third-order valence-corrected chi connectivity index (χ3v) is 4.11. The lowest BCUT2D eigenvalue weighted by atomic mass is 10.1. The molecule has 1 aromatic rings. The van der Waals surface area contributed by atoms with Gasteiger partial charge in [-0.1, -0.05) is 12.8 Å². The molecular weight excluding hydrogens is 250 g/mol. The van der Waals surface area contributed by atoms with Crippen molar-refractivity contribution in [2.45, 2.75) is 51.6 Å². The van der Waals surface area contributed by atoms with Crippen molar-refractivity contribution >= 4 is 17.3 Å². The third-order valence-electron chi connectivity index (χ3n) is 4.11. The molecule has 1 atom stereocenters. The SMILES string of the molecule is CCN(c1ccc(N)cc1)C(C)C(=O)NC1CCCC1. The maximum Gasteiger partial charge on any atom is 0.242 e.